The van der Waals surface area contributed by atoms with Gasteiger partial charge in [0.1, 0.15) is 0 Å². The maximum Gasteiger partial charge on any atom is 0.338 e. The van der Waals surface area contributed by atoms with Crippen LogP contribution in [0.15, 0.2) is 52.7 Å². The number of aliphatic carboxylic acids is 1. The molecule has 212 valence electrons. The summed E-state index contributed by atoms with van der Waals surface area (Å²) in [7, 11) is 1.78. The second kappa shape index (κ2) is 17.6. The minimum Gasteiger partial charge on any atom is -0.481 e. The summed E-state index contributed by atoms with van der Waals surface area (Å²) in [6.07, 6.45) is 11.8. The van der Waals surface area contributed by atoms with Crippen LogP contribution in [0.5, 0.6) is 0 Å². The maximum atomic E-state index is 12.4. The number of anilines is 1. The molecule has 2 aromatic carbocycles. The molecule has 0 aliphatic rings. The van der Waals surface area contributed by atoms with Crippen molar-refractivity contribution in [2.45, 2.75) is 77.6 Å². The summed E-state index contributed by atoms with van der Waals surface area (Å²) in [4.78, 5) is 35.9. The third kappa shape index (κ3) is 12.1. The maximum absolute atomic E-state index is 12.4. The summed E-state index contributed by atoms with van der Waals surface area (Å²) in [6, 6.07) is 10.9. The van der Waals surface area contributed by atoms with Gasteiger partial charge in [-0.25, -0.2) is 4.79 Å². The standard InChI is InChI=1S/C29H40N4O6/c1-3-4-5-6-7-8-9-10-11-12-21-39-29(36)23-13-18-26(27(22-23)33(37)38)31-30-24-14-16-25(17-15-24)32(2)20-19-28(34)35/h13-18,22H,3-12,19-21H2,1-2H3,(H,34,35)/b31-30+. The number of unbranched alkanes of at least 4 members (excludes halogenated alkanes) is 9. The van der Waals surface area contributed by atoms with Gasteiger partial charge >= 0.3 is 11.9 Å². The minimum atomic E-state index is -0.873. The van der Waals surface area contributed by atoms with E-state index in [0.717, 1.165) is 31.0 Å². The zero-order valence-electron chi connectivity index (χ0n) is 23.0. The Morgan fingerprint density at radius 3 is 2.13 bits per heavy atom. The molecule has 0 atom stereocenters. The molecule has 0 radical (unpaired) electrons. The first-order valence-corrected chi connectivity index (χ1v) is 13.7. The van der Waals surface area contributed by atoms with E-state index in [1.54, 1.807) is 36.2 Å². The summed E-state index contributed by atoms with van der Waals surface area (Å²) in [5, 5.41) is 28.5. The third-order valence-corrected chi connectivity index (χ3v) is 6.36. The number of rotatable bonds is 19. The van der Waals surface area contributed by atoms with Crippen molar-refractivity contribution in [3.63, 3.8) is 0 Å². The highest BCUT2D eigenvalue weighted by atomic mass is 16.6. The molecule has 1 N–H and O–H groups in total. The van der Waals surface area contributed by atoms with Gasteiger partial charge in [-0.3, -0.25) is 14.9 Å². The molecule has 39 heavy (non-hydrogen) atoms. The number of carboxylic acid groups (broad SMARTS) is 1. The van der Waals surface area contributed by atoms with Gasteiger partial charge < -0.3 is 14.7 Å². The zero-order valence-corrected chi connectivity index (χ0v) is 23.0. The molecule has 0 heterocycles. The number of esters is 1. The Morgan fingerprint density at radius 2 is 1.54 bits per heavy atom. The fourth-order valence-corrected chi connectivity index (χ4v) is 4.00. The molecule has 2 rings (SSSR count). The van der Waals surface area contributed by atoms with E-state index >= 15 is 0 Å². The average molecular weight is 541 g/mol. The van der Waals surface area contributed by atoms with Crippen molar-refractivity contribution in [2.75, 3.05) is 25.1 Å². The molecular weight excluding hydrogens is 500 g/mol. The van der Waals surface area contributed by atoms with Crippen LogP contribution in [-0.4, -0.2) is 42.2 Å². The molecule has 0 spiro atoms. The van der Waals surface area contributed by atoms with Crippen molar-refractivity contribution in [1.82, 2.24) is 0 Å². The Labute approximate surface area is 230 Å². The van der Waals surface area contributed by atoms with Crippen LogP contribution in [0.2, 0.25) is 0 Å². The fraction of sp³-hybridized carbons (Fsp3) is 0.517. The van der Waals surface area contributed by atoms with E-state index < -0.39 is 16.9 Å². The number of hydrogen-bond acceptors (Lipinski definition) is 8. The third-order valence-electron chi connectivity index (χ3n) is 6.36. The molecule has 10 nitrogen and oxygen atoms in total. The topological polar surface area (TPSA) is 135 Å². The van der Waals surface area contributed by atoms with Crippen LogP contribution in [0.3, 0.4) is 0 Å². The van der Waals surface area contributed by atoms with Crippen LogP contribution >= 0.6 is 0 Å². The first kappa shape index (κ1) is 31.4. The van der Waals surface area contributed by atoms with Crippen molar-refractivity contribution in [3.8, 4) is 0 Å². The quantitative estimate of drug-likeness (QED) is 0.0627. The lowest BCUT2D eigenvalue weighted by molar-refractivity contribution is -0.384. The van der Waals surface area contributed by atoms with Crippen molar-refractivity contribution in [2.24, 2.45) is 10.2 Å². The molecule has 0 bridgehead atoms. The van der Waals surface area contributed by atoms with Gasteiger partial charge in [-0.05, 0) is 42.8 Å². The Kier molecular flexibility index (Phi) is 14.2. The van der Waals surface area contributed by atoms with E-state index in [0.29, 0.717) is 12.2 Å². The first-order valence-electron chi connectivity index (χ1n) is 13.7. The molecule has 0 unspecified atom stereocenters. The number of nitro groups is 1. The smallest absolute Gasteiger partial charge is 0.338 e. The Balaban J connectivity index is 1.84. The van der Waals surface area contributed by atoms with E-state index in [-0.39, 0.29) is 30.0 Å². The van der Waals surface area contributed by atoms with Gasteiger partial charge in [-0.2, -0.15) is 5.11 Å². The van der Waals surface area contributed by atoms with Gasteiger partial charge in [-0.1, -0.05) is 64.7 Å². The SMILES string of the molecule is CCCCCCCCCCCCOC(=O)c1ccc(/N=N/c2ccc(N(C)CCC(=O)O)cc2)c([N+](=O)[O-])c1. The molecule has 2 aromatic rings. The molecule has 0 aliphatic carbocycles. The van der Waals surface area contributed by atoms with E-state index in [4.69, 9.17) is 9.84 Å². The van der Waals surface area contributed by atoms with Crippen LogP contribution in [0, 0.1) is 10.1 Å². The summed E-state index contributed by atoms with van der Waals surface area (Å²) < 4.78 is 5.31. The lowest BCUT2D eigenvalue weighted by Gasteiger charge is -2.17. The van der Waals surface area contributed by atoms with Crippen LogP contribution < -0.4 is 4.90 Å². The highest BCUT2D eigenvalue weighted by Crippen LogP contribution is 2.31. The molecule has 0 amide bonds. The zero-order chi connectivity index (χ0) is 28.5. The largest absolute Gasteiger partial charge is 0.481 e. The van der Waals surface area contributed by atoms with Gasteiger partial charge in [-0.15, -0.1) is 5.11 Å². The molecule has 0 fully saturated rings. The van der Waals surface area contributed by atoms with Gasteiger partial charge in [0.25, 0.3) is 5.69 Å². The Hall–Kier alpha value is -3.82. The lowest BCUT2D eigenvalue weighted by Crippen LogP contribution is -2.20. The van der Waals surface area contributed by atoms with Crippen molar-refractivity contribution in [1.29, 1.82) is 0 Å². The number of hydrogen-bond donors (Lipinski definition) is 1. The highest BCUT2D eigenvalue weighted by Gasteiger charge is 2.18. The van der Waals surface area contributed by atoms with Crippen molar-refractivity contribution >= 4 is 34.7 Å². The molecule has 0 aliphatic heterocycles. The fourth-order valence-electron chi connectivity index (χ4n) is 4.00. The van der Waals surface area contributed by atoms with Gasteiger partial charge in [0.15, 0.2) is 5.69 Å². The van der Waals surface area contributed by atoms with Gasteiger partial charge in [0.05, 0.1) is 29.2 Å². The summed E-state index contributed by atoms with van der Waals surface area (Å²) in [6.45, 7) is 2.86. The number of benzene rings is 2. The molecule has 10 heteroatoms. The highest BCUT2D eigenvalue weighted by molar-refractivity contribution is 5.91. The Morgan fingerprint density at radius 1 is 0.923 bits per heavy atom. The number of nitrogens with zero attached hydrogens (tertiary/aromatic N) is 4. The van der Waals surface area contributed by atoms with Crippen LogP contribution in [-0.2, 0) is 9.53 Å². The molecular formula is C29H40N4O6. The van der Waals surface area contributed by atoms with Crippen molar-refractivity contribution in [3.05, 3.63) is 58.1 Å². The van der Waals surface area contributed by atoms with E-state index in [1.165, 1.54) is 57.1 Å². The number of ether oxygens (including phenoxy) is 1. The van der Waals surface area contributed by atoms with E-state index in [1.807, 2.05) is 0 Å². The van der Waals surface area contributed by atoms with Crippen LogP contribution in [0.4, 0.5) is 22.7 Å². The minimum absolute atomic E-state index is 0.0183. The normalized spacial score (nSPS) is 11.0. The first-order chi connectivity index (χ1) is 18.8. The van der Waals surface area contributed by atoms with E-state index in [2.05, 4.69) is 17.2 Å². The summed E-state index contributed by atoms with van der Waals surface area (Å²) in [5.41, 5.74) is 1.06. The number of nitro benzene ring substituents is 1. The van der Waals surface area contributed by atoms with E-state index in [9.17, 15) is 19.7 Å². The number of carbonyl (C=O) groups excluding carboxylic acids is 1. The predicted molar refractivity (Wildman–Crippen MR) is 151 cm³/mol. The summed E-state index contributed by atoms with van der Waals surface area (Å²) in [5.74, 6) is -1.47. The predicted octanol–water partition coefficient (Wildman–Crippen LogP) is 8.00. The number of carboxylic acids is 1. The summed E-state index contributed by atoms with van der Waals surface area (Å²) >= 11 is 0. The number of carbonyl (C=O) groups is 2. The lowest BCUT2D eigenvalue weighted by atomic mass is 10.1. The second-order valence-electron chi connectivity index (χ2n) is 9.56. The molecule has 0 saturated carbocycles. The van der Waals surface area contributed by atoms with Crippen molar-refractivity contribution < 1.29 is 24.4 Å². The number of azo groups is 1. The second-order valence-corrected chi connectivity index (χ2v) is 9.56. The van der Waals surface area contributed by atoms with Gasteiger partial charge in [0, 0.05) is 25.3 Å². The average Bonchev–Trinajstić information content (AvgIpc) is 2.93. The van der Waals surface area contributed by atoms with Crippen LogP contribution in [0.25, 0.3) is 0 Å². The van der Waals surface area contributed by atoms with Gasteiger partial charge in [0.2, 0.25) is 0 Å². The molecule has 0 saturated heterocycles. The molecule has 0 aromatic heterocycles. The Bertz CT molecular complexity index is 1090. The monoisotopic (exact) mass is 540 g/mol. The van der Waals surface area contributed by atoms with Crippen LogP contribution in [0.1, 0.15) is 87.9 Å².